The lowest BCUT2D eigenvalue weighted by atomic mass is 10.1. The van der Waals surface area contributed by atoms with E-state index in [0.717, 1.165) is 29.4 Å². The summed E-state index contributed by atoms with van der Waals surface area (Å²) in [5.74, 6) is 0.588. The van der Waals surface area contributed by atoms with Crippen LogP contribution in [0.1, 0.15) is 24.1 Å². The summed E-state index contributed by atoms with van der Waals surface area (Å²) in [5, 5.41) is 10.5. The van der Waals surface area contributed by atoms with Crippen LogP contribution >= 0.6 is 0 Å². The molecule has 0 N–H and O–H groups in total. The molecular weight excluding hydrogens is 380 g/mol. The SMILES string of the molecule is Cc1c(C#N)c2ccccc2n1CC(=O)N1C[C@H]2COC[C@@H]1CN(C(=O)C1CC1)C2. The maximum Gasteiger partial charge on any atom is 0.242 e. The summed E-state index contributed by atoms with van der Waals surface area (Å²) >= 11 is 0. The quantitative estimate of drug-likeness (QED) is 0.780. The Morgan fingerprint density at radius 2 is 1.97 bits per heavy atom. The number of amides is 2. The number of nitrogens with zero attached hydrogens (tertiary/aromatic N) is 4. The van der Waals surface area contributed by atoms with Crippen molar-refractivity contribution in [2.75, 3.05) is 32.8 Å². The van der Waals surface area contributed by atoms with Crippen LogP contribution in [-0.2, 0) is 20.9 Å². The molecule has 156 valence electrons. The largest absolute Gasteiger partial charge is 0.379 e. The van der Waals surface area contributed by atoms with Gasteiger partial charge in [-0.25, -0.2) is 0 Å². The fourth-order valence-electron chi connectivity index (χ4n) is 4.92. The number of benzene rings is 1. The summed E-state index contributed by atoms with van der Waals surface area (Å²) in [6, 6.07) is 9.89. The standard InChI is InChI=1S/C23H26N4O3/c1-15-20(8-24)19-4-2-3-5-21(19)26(15)12-22(28)27-10-16-9-25(23(29)17-6-7-17)11-18(27)14-30-13-16/h2-5,16-18H,6-7,9-14H2,1H3/t16-,18-/m0/s1. The molecule has 1 aliphatic carbocycles. The molecule has 3 fully saturated rings. The van der Waals surface area contributed by atoms with Crippen LogP contribution in [0.4, 0.5) is 0 Å². The van der Waals surface area contributed by atoms with Gasteiger partial charge in [0.2, 0.25) is 11.8 Å². The molecule has 3 aliphatic rings. The fraction of sp³-hybridized carbons (Fsp3) is 0.522. The summed E-state index contributed by atoms with van der Waals surface area (Å²) in [5.41, 5.74) is 2.34. The highest BCUT2D eigenvalue weighted by Gasteiger charge is 2.41. The Hall–Kier alpha value is -2.85. The Morgan fingerprint density at radius 1 is 1.17 bits per heavy atom. The first-order valence-corrected chi connectivity index (χ1v) is 10.7. The van der Waals surface area contributed by atoms with Gasteiger partial charge >= 0.3 is 0 Å². The van der Waals surface area contributed by atoms with Crippen LogP contribution in [-0.4, -0.2) is 65.1 Å². The molecular formula is C23H26N4O3. The lowest BCUT2D eigenvalue weighted by Gasteiger charge is -2.31. The molecule has 1 aromatic heterocycles. The molecule has 0 spiro atoms. The Bertz CT molecular complexity index is 1050. The Kier molecular flexibility index (Phi) is 4.75. The zero-order valence-corrected chi connectivity index (χ0v) is 17.2. The zero-order valence-electron chi connectivity index (χ0n) is 17.2. The van der Waals surface area contributed by atoms with E-state index in [9.17, 15) is 14.9 Å². The van der Waals surface area contributed by atoms with Gasteiger partial charge in [0.25, 0.3) is 0 Å². The maximum atomic E-state index is 13.4. The number of para-hydroxylation sites is 1. The van der Waals surface area contributed by atoms with E-state index >= 15 is 0 Å². The fourth-order valence-corrected chi connectivity index (χ4v) is 4.92. The van der Waals surface area contributed by atoms with Crippen LogP contribution < -0.4 is 0 Å². The van der Waals surface area contributed by atoms with E-state index in [0.29, 0.717) is 38.4 Å². The first-order chi connectivity index (χ1) is 14.6. The van der Waals surface area contributed by atoms with Crippen molar-refractivity contribution in [2.45, 2.75) is 32.4 Å². The van der Waals surface area contributed by atoms with Gasteiger partial charge < -0.3 is 19.1 Å². The molecule has 7 heteroatoms. The van der Waals surface area contributed by atoms with Gasteiger partial charge in [-0.1, -0.05) is 18.2 Å². The molecule has 30 heavy (non-hydrogen) atoms. The molecule has 7 nitrogen and oxygen atoms in total. The van der Waals surface area contributed by atoms with Crippen molar-refractivity contribution in [1.29, 1.82) is 5.26 Å². The van der Waals surface area contributed by atoms with Crippen molar-refractivity contribution in [3.63, 3.8) is 0 Å². The predicted octanol–water partition coefficient (Wildman–Crippen LogP) is 1.92. The molecule has 2 saturated heterocycles. The summed E-state index contributed by atoms with van der Waals surface area (Å²) in [6.45, 7) is 4.96. The number of hydrogen-bond donors (Lipinski definition) is 0. The van der Waals surface area contributed by atoms with Gasteiger partial charge in [0, 0.05) is 42.6 Å². The van der Waals surface area contributed by atoms with E-state index in [1.807, 2.05) is 45.6 Å². The smallest absolute Gasteiger partial charge is 0.242 e. The van der Waals surface area contributed by atoms with Gasteiger partial charge in [0.1, 0.15) is 12.6 Å². The minimum atomic E-state index is -0.120. The minimum Gasteiger partial charge on any atom is -0.379 e. The zero-order chi connectivity index (χ0) is 20.8. The highest BCUT2D eigenvalue weighted by Crippen LogP contribution is 2.33. The van der Waals surface area contributed by atoms with Crippen LogP contribution in [0, 0.1) is 30.1 Å². The number of carbonyl (C=O) groups is 2. The Labute approximate surface area is 175 Å². The number of rotatable bonds is 3. The van der Waals surface area contributed by atoms with Gasteiger partial charge in [0.15, 0.2) is 0 Å². The molecule has 2 amide bonds. The second kappa shape index (κ2) is 7.44. The summed E-state index contributed by atoms with van der Waals surface area (Å²) in [7, 11) is 0. The predicted molar refractivity (Wildman–Crippen MR) is 111 cm³/mol. The molecule has 1 saturated carbocycles. The second-order valence-corrected chi connectivity index (χ2v) is 8.80. The number of carbonyl (C=O) groups excluding carboxylic acids is 2. The van der Waals surface area contributed by atoms with Gasteiger partial charge in [-0.05, 0) is 25.8 Å². The van der Waals surface area contributed by atoms with E-state index in [4.69, 9.17) is 4.74 Å². The molecule has 0 unspecified atom stereocenters. The lowest BCUT2D eigenvalue weighted by Crippen LogP contribution is -2.49. The van der Waals surface area contributed by atoms with Crippen molar-refractivity contribution < 1.29 is 14.3 Å². The first kappa shape index (κ1) is 19.1. The maximum absolute atomic E-state index is 13.4. The number of aromatic nitrogens is 1. The van der Waals surface area contributed by atoms with Crippen molar-refractivity contribution in [2.24, 2.45) is 11.8 Å². The topological polar surface area (TPSA) is 78.6 Å². The average molecular weight is 406 g/mol. The van der Waals surface area contributed by atoms with Crippen LogP contribution in [0.25, 0.3) is 10.9 Å². The van der Waals surface area contributed by atoms with Gasteiger partial charge in [-0.15, -0.1) is 0 Å². The molecule has 2 aromatic rings. The van der Waals surface area contributed by atoms with Crippen LogP contribution in [0.15, 0.2) is 24.3 Å². The van der Waals surface area contributed by atoms with E-state index in [2.05, 4.69) is 6.07 Å². The second-order valence-electron chi connectivity index (χ2n) is 8.80. The van der Waals surface area contributed by atoms with Crippen molar-refractivity contribution >= 4 is 22.7 Å². The molecule has 1 aromatic carbocycles. The molecule has 2 bridgehead atoms. The van der Waals surface area contributed by atoms with Crippen LogP contribution in [0.5, 0.6) is 0 Å². The molecule has 0 radical (unpaired) electrons. The highest BCUT2D eigenvalue weighted by atomic mass is 16.5. The number of ether oxygens (including phenoxy) is 1. The number of fused-ring (bicyclic) bond motifs is 4. The average Bonchev–Trinajstić information content (AvgIpc) is 3.56. The third-order valence-electron chi connectivity index (χ3n) is 6.66. The van der Waals surface area contributed by atoms with E-state index in [1.165, 1.54) is 0 Å². The lowest BCUT2D eigenvalue weighted by molar-refractivity contribution is -0.138. The van der Waals surface area contributed by atoms with Crippen molar-refractivity contribution in [3.05, 3.63) is 35.5 Å². The highest BCUT2D eigenvalue weighted by molar-refractivity contribution is 5.89. The van der Waals surface area contributed by atoms with Gasteiger partial charge in [-0.2, -0.15) is 5.26 Å². The number of hydrogen-bond acceptors (Lipinski definition) is 4. The monoisotopic (exact) mass is 406 g/mol. The Balaban J connectivity index is 1.41. The molecule has 2 atom stereocenters. The number of nitriles is 1. The van der Waals surface area contributed by atoms with E-state index in [-0.39, 0.29) is 36.2 Å². The minimum absolute atomic E-state index is 0.0181. The summed E-state index contributed by atoms with van der Waals surface area (Å²) < 4.78 is 7.77. The summed E-state index contributed by atoms with van der Waals surface area (Å²) in [4.78, 5) is 30.0. The van der Waals surface area contributed by atoms with Crippen molar-refractivity contribution in [1.82, 2.24) is 14.4 Å². The van der Waals surface area contributed by atoms with Gasteiger partial charge in [0.05, 0.1) is 30.3 Å². The normalized spacial score (nSPS) is 23.9. The third kappa shape index (κ3) is 3.25. The first-order valence-electron chi connectivity index (χ1n) is 10.7. The molecule has 5 rings (SSSR count). The van der Waals surface area contributed by atoms with E-state index < -0.39 is 0 Å². The van der Waals surface area contributed by atoms with Gasteiger partial charge in [-0.3, -0.25) is 9.59 Å². The Morgan fingerprint density at radius 3 is 2.73 bits per heavy atom. The van der Waals surface area contributed by atoms with Crippen LogP contribution in [0.2, 0.25) is 0 Å². The third-order valence-corrected chi connectivity index (χ3v) is 6.66. The molecule has 3 heterocycles. The van der Waals surface area contributed by atoms with E-state index in [1.54, 1.807) is 0 Å². The van der Waals surface area contributed by atoms with Crippen molar-refractivity contribution in [3.8, 4) is 6.07 Å². The van der Waals surface area contributed by atoms with Crippen LogP contribution in [0.3, 0.4) is 0 Å². The molecule has 2 aliphatic heterocycles. The summed E-state index contributed by atoms with van der Waals surface area (Å²) in [6.07, 6.45) is 1.98.